The summed E-state index contributed by atoms with van der Waals surface area (Å²) in [6, 6.07) is 7.32. The predicted octanol–water partition coefficient (Wildman–Crippen LogP) is 4.66. The number of nitrogens with one attached hydrogen (secondary N) is 1. The maximum absolute atomic E-state index is 13.0. The van der Waals surface area contributed by atoms with Crippen LogP contribution >= 0.6 is 11.3 Å². The van der Waals surface area contributed by atoms with E-state index in [9.17, 15) is 22.8 Å². The Hall–Kier alpha value is -2.98. The third-order valence-corrected chi connectivity index (χ3v) is 6.61. The second kappa shape index (κ2) is 8.51. The maximum Gasteiger partial charge on any atom is 0.433 e. The zero-order valence-electron chi connectivity index (χ0n) is 17.4. The molecule has 32 heavy (non-hydrogen) atoms. The first-order valence-corrected chi connectivity index (χ1v) is 10.7. The van der Waals surface area contributed by atoms with Gasteiger partial charge in [0.25, 0.3) is 11.8 Å². The number of aryl methyl sites for hydroxylation is 1. The van der Waals surface area contributed by atoms with E-state index in [1.165, 1.54) is 6.07 Å². The molecule has 1 fully saturated rings. The van der Waals surface area contributed by atoms with E-state index < -0.39 is 17.8 Å². The van der Waals surface area contributed by atoms with Gasteiger partial charge in [-0.15, -0.1) is 11.3 Å². The maximum atomic E-state index is 13.0. The fraction of sp³-hybridized carbons (Fsp3) is 0.318. The van der Waals surface area contributed by atoms with Gasteiger partial charge in [-0.3, -0.25) is 9.59 Å². The molecule has 0 saturated carbocycles. The van der Waals surface area contributed by atoms with Gasteiger partial charge < -0.3 is 15.0 Å². The number of benzene rings is 1. The zero-order chi connectivity index (χ0) is 23.0. The molecule has 1 aromatic carbocycles. The molecule has 1 aliphatic rings. The van der Waals surface area contributed by atoms with Gasteiger partial charge in [-0.1, -0.05) is 6.07 Å². The number of ether oxygens (including phenoxy) is 1. The summed E-state index contributed by atoms with van der Waals surface area (Å²) in [4.78, 5) is 31.6. The van der Waals surface area contributed by atoms with Crippen molar-refractivity contribution in [1.82, 2.24) is 9.88 Å². The molecule has 1 saturated heterocycles. The van der Waals surface area contributed by atoms with E-state index in [0.717, 1.165) is 17.4 Å². The Labute approximate surface area is 186 Å². The van der Waals surface area contributed by atoms with Gasteiger partial charge in [-0.2, -0.15) is 13.2 Å². The number of alkyl halides is 3. The molecule has 1 N–H and O–H groups in total. The van der Waals surface area contributed by atoms with Crippen molar-refractivity contribution >= 4 is 39.1 Å². The average Bonchev–Trinajstić information content (AvgIpc) is 3.11. The molecule has 0 spiro atoms. The molecule has 10 heteroatoms. The summed E-state index contributed by atoms with van der Waals surface area (Å²) in [7, 11) is 0. The molecule has 4 rings (SSSR count). The summed E-state index contributed by atoms with van der Waals surface area (Å²) >= 11 is 0.908. The summed E-state index contributed by atoms with van der Waals surface area (Å²) in [6.07, 6.45) is -4.56. The van der Waals surface area contributed by atoms with Crippen LogP contribution in [0.15, 0.2) is 30.3 Å². The minimum Gasteiger partial charge on any atom is -0.378 e. The van der Waals surface area contributed by atoms with Crippen LogP contribution in [0.3, 0.4) is 0 Å². The Morgan fingerprint density at radius 2 is 1.81 bits per heavy atom. The van der Waals surface area contributed by atoms with Crippen LogP contribution < -0.4 is 5.32 Å². The summed E-state index contributed by atoms with van der Waals surface area (Å²) in [5, 5.41) is 3.30. The number of amides is 2. The molecule has 0 radical (unpaired) electrons. The van der Waals surface area contributed by atoms with E-state index in [1.54, 1.807) is 36.9 Å². The van der Waals surface area contributed by atoms with Crippen LogP contribution in [0.1, 0.15) is 36.9 Å². The van der Waals surface area contributed by atoms with Gasteiger partial charge in [0.2, 0.25) is 0 Å². The monoisotopic (exact) mass is 463 g/mol. The lowest BCUT2D eigenvalue weighted by atomic mass is 10.0. The quantitative estimate of drug-likeness (QED) is 0.614. The van der Waals surface area contributed by atoms with Gasteiger partial charge in [-0.05, 0) is 49.2 Å². The molecular weight excluding hydrogens is 443 g/mol. The molecular formula is C22H20F3N3O3S. The molecule has 6 nitrogen and oxygen atoms in total. The second-order valence-corrected chi connectivity index (χ2v) is 8.44. The van der Waals surface area contributed by atoms with Crippen LogP contribution in [0.25, 0.3) is 10.2 Å². The number of fused-ring (bicyclic) bond motifs is 1. The van der Waals surface area contributed by atoms with Crippen LogP contribution in [0.5, 0.6) is 0 Å². The first-order chi connectivity index (χ1) is 15.2. The highest BCUT2D eigenvalue weighted by Gasteiger charge is 2.33. The number of anilines is 1. The molecule has 0 bridgehead atoms. The lowest BCUT2D eigenvalue weighted by Gasteiger charge is -2.27. The van der Waals surface area contributed by atoms with Gasteiger partial charge in [0.1, 0.15) is 10.5 Å². The number of hydrogen-bond acceptors (Lipinski definition) is 5. The average molecular weight is 463 g/mol. The number of halogens is 3. The number of aromatic nitrogens is 1. The summed E-state index contributed by atoms with van der Waals surface area (Å²) in [5.41, 5.74) is 1.13. The van der Waals surface area contributed by atoms with E-state index in [-0.39, 0.29) is 15.6 Å². The van der Waals surface area contributed by atoms with Crippen molar-refractivity contribution in [2.24, 2.45) is 0 Å². The van der Waals surface area contributed by atoms with E-state index in [2.05, 4.69) is 10.3 Å². The van der Waals surface area contributed by atoms with E-state index in [4.69, 9.17) is 4.74 Å². The van der Waals surface area contributed by atoms with E-state index >= 15 is 0 Å². The Kier molecular flexibility index (Phi) is 5.91. The highest BCUT2D eigenvalue weighted by Crippen LogP contribution is 2.34. The zero-order valence-corrected chi connectivity index (χ0v) is 18.2. The van der Waals surface area contributed by atoms with Gasteiger partial charge >= 0.3 is 6.18 Å². The van der Waals surface area contributed by atoms with Crippen molar-refractivity contribution in [2.45, 2.75) is 20.0 Å². The van der Waals surface area contributed by atoms with Crippen LogP contribution in [-0.2, 0) is 10.9 Å². The number of pyridine rings is 1. The van der Waals surface area contributed by atoms with Crippen LogP contribution in [0.4, 0.5) is 18.9 Å². The standard InChI is InChI=1S/C22H20F3N3O3S/c1-12-15(21(30)28-8-10-31-11-9-28)4-3-5-16(12)26-19(29)18-13(2)14-6-7-17(22(23,24)25)27-20(14)32-18/h3-7H,8-11H2,1-2H3,(H,26,29). The largest absolute Gasteiger partial charge is 0.433 e. The smallest absolute Gasteiger partial charge is 0.378 e. The second-order valence-electron chi connectivity index (χ2n) is 7.44. The minimum atomic E-state index is -4.56. The highest BCUT2D eigenvalue weighted by molar-refractivity contribution is 7.20. The van der Waals surface area contributed by atoms with Crippen molar-refractivity contribution in [3.63, 3.8) is 0 Å². The Balaban J connectivity index is 1.61. The molecule has 3 aromatic rings. The van der Waals surface area contributed by atoms with Gasteiger partial charge in [0.15, 0.2) is 0 Å². The van der Waals surface area contributed by atoms with Gasteiger partial charge in [0.05, 0.1) is 18.1 Å². The summed E-state index contributed by atoms with van der Waals surface area (Å²) in [6.45, 7) is 5.39. The normalized spacial score (nSPS) is 14.6. The summed E-state index contributed by atoms with van der Waals surface area (Å²) in [5.74, 6) is -0.595. The van der Waals surface area contributed by atoms with Crippen LogP contribution in [-0.4, -0.2) is 48.0 Å². The third kappa shape index (κ3) is 4.20. The minimum absolute atomic E-state index is 0.135. The van der Waals surface area contributed by atoms with Gasteiger partial charge in [0, 0.05) is 29.7 Å². The fourth-order valence-electron chi connectivity index (χ4n) is 3.59. The summed E-state index contributed by atoms with van der Waals surface area (Å²) < 4.78 is 44.2. The van der Waals surface area contributed by atoms with Crippen molar-refractivity contribution in [3.8, 4) is 0 Å². The topological polar surface area (TPSA) is 71.5 Å². The van der Waals surface area contributed by atoms with Crippen molar-refractivity contribution < 1.29 is 27.5 Å². The lowest BCUT2D eigenvalue weighted by Crippen LogP contribution is -2.41. The number of carbonyl (C=O) groups excluding carboxylic acids is 2. The molecule has 3 heterocycles. The SMILES string of the molecule is Cc1c(NC(=O)c2sc3nc(C(F)(F)F)ccc3c2C)cccc1C(=O)N1CCOCC1. The van der Waals surface area contributed by atoms with Crippen LogP contribution in [0.2, 0.25) is 0 Å². The van der Waals surface area contributed by atoms with Crippen LogP contribution in [0, 0.1) is 13.8 Å². The van der Waals surface area contributed by atoms with Crippen molar-refractivity contribution in [2.75, 3.05) is 31.6 Å². The molecule has 0 aliphatic carbocycles. The predicted molar refractivity (Wildman–Crippen MR) is 115 cm³/mol. The number of nitrogens with zero attached hydrogens (tertiary/aromatic N) is 2. The number of rotatable bonds is 3. The first kappa shape index (κ1) is 22.2. The molecule has 2 aromatic heterocycles. The number of hydrogen-bond donors (Lipinski definition) is 1. The molecule has 2 amide bonds. The lowest BCUT2D eigenvalue weighted by molar-refractivity contribution is -0.140. The molecule has 1 aliphatic heterocycles. The van der Waals surface area contributed by atoms with Crippen molar-refractivity contribution in [3.05, 3.63) is 57.6 Å². The van der Waals surface area contributed by atoms with Gasteiger partial charge in [-0.25, -0.2) is 4.98 Å². The highest BCUT2D eigenvalue weighted by atomic mass is 32.1. The number of thiophene rings is 1. The van der Waals surface area contributed by atoms with E-state index in [0.29, 0.717) is 54.1 Å². The Morgan fingerprint density at radius 1 is 1.09 bits per heavy atom. The number of carbonyl (C=O) groups is 2. The fourth-order valence-corrected chi connectivity index (χ4v) is 4.67. The molecule has 0 atom stereocenters. The first-order valence-electron chi connectivity index (χ1n) is 9.92. The third-order valence-electron chi connectivity index (χ3n) is 5.41. The number of morpholine rings is 1. The molecule has 0 unspecified atom stereocenters. The Morgan fingerprint density at radius 3 is 2.50 bits per heavy atom. The van der Waals surface area contributed by atoms with E-state index in [1.807, 2.05) is 0 Å². The van der Waals surface area contributed by atoms with Crippen molar-refractivity contribution in [1.29, 1.82) is 0 Å². The Bertz CT molecular complexity index is 1200. The molecule has 168 valence electrons.